The van der Waals surface area contributed by atoms with E-state index in [0.29, 0.717) is 24.9 Å². The smallest absolute Gasteiger partial charge is 0.352 e. The SMILES string of the molecule is CCC(=O)NCc1ccc(-c2noc(C(F)(F)F)n2)cc1CC. The predicted octanol–water partition coefficient (Wildman–Crippen LogP) is 3.34. The van der Waals surface area contributed by atoms with E-state index in [9.17, 15) is 18.0 Å². The Morgan fingerprint density at radius 2 is 2.00 bits per heavy atom. The normalized spacial score (nSPS) is 11.5. The minimum absolute atomic E-state index is 0.0656. The van der Waals surface area contributed by atoms with Crippen LogP contribution in [0, 0.1) is 0 Å². The molecule has 2 aromatic rings. The monoisotopic (exact) mass is 327 g/mol. The summed E-state index contributed by atoms with van der Waals surface area (Å²) < 4.78 is 41.7. The molecule has 0 aliphatic heterocycles. The Balaban J connectivity index is 2.24. The summed E-state index contributed by atoms with van der Waals surface area (Å²) in [5.74, 6) is -1.55. The van der Waals surface area contributed by atoms with Gasteiger partial charge in [0.15, 0.2) is 0 Å². The second kappa shape index (κ2) is 6.80. The molecular weight excluding hydrogens is 311 g/mol. The van der Waals surface area contributed by atoms with Crippen molar-refractivity contribution in [2.45, 2.75) is 39.4 Å². The summed E-state index contributed by atoms with van der Waals surface area (Å²) in [5, 5.41) is 6.14. The van der Waals surface area contributed by atoms with E-state index < -0.39 is 12.1 Å². The van der Waals surface area contributed by atoms with Crippen LogP contribution in [0.15, 0.2) is 22.7 Å². The van der Waals surface area contributed by atoms with Crippen molar-refractivity contribution in [3.63, 3.8) is 0 Å². The zero-order valence-corrected chi connectivity index (χ0v) is 12.7. The molecule has 1 heterocycles. The van der Waals surface area contributed by atoms with Crippen LogP contribution in [0.2, 0.25) is 0 Å². The molecule has 23 heavy (non-hydrogen) atoms. The highest BCUT2D eigenvalue weighted by Gasteiger charge is 2.38. The molecule has 0 spiro atoms. The van der Waals surface area contributed by atoms with Gasteiger partial charge in [-0.1, -0.05) is 31.1 Å². The number of rotatable bonds is 5. The Hall–Kier alpha value is -2.38. The molecule has 0 bridgehead atoms. The average molecular weight is 327 g/mol. The number of hydrogen-bond donors (Lipinski definition) is 1. The Bertz CT molecular complexity index is 696. The molecule has 1 aromatic heterocycles. The average Bonchev–Trinajstić information content (AvgIpc) is 3.02. The van der Waals surface area contributed by atoms with Crippen LogP contribution in [0.4, 0.5) is 13.2 Å². The van der Waals surface area contributed by atoms with Gasteiger partial charge in [0.2, 0.25) is 11.7 Å². The third kappa shape index (κ3) is 4.08. The van der Waals surface area contributed by atoms with Crippen molar-refractivity contribution in [1.82, 2.24) is 15.5 Å². The predicted molar refractivity (Wildman–Crippen MR) is 76.3 cm³/mol. The molecule has 0 saturated heterocycles. The van der Waals surface area contributed by atoms with Gasteiger partial charge in [-0.2, -0.15) is 18.2 Å². The number of hydrogen-bond acceptors (Lipinski definition) is 4. The fourth-order valence-electron chi connectivity index (χ4n) is 2.04. The molecule has 8 heteroatoms. The van der Waals surface area contributed by atoms with Crippen molar-refractivity contribution in [2.24, 2.45) is 0 Å². The Kier molecular flexibility index (Phi) is 5.02. The molecule has 0 aliphatic rings. The van der Waals surface area contributed by atoms with Crippen LogP contribution in [0.3, 0.4) is 0 Å². The number of aromatic nitrogens is 2. The second-order valence-corrected chi connectivity index (χ2v) is 4.89. The molecule has 0 unspecified atom stereocenters. The maximum atomic E-state index is 12.5. The van der Waals surface area contributed by atoms with E-state index in [2.05, 4.69) is 20.0 Å². The fourth-order valence-corrected chi connectivity index (χ4v) is 2.04. The third-order valence-corrected chi connectivity index (χ3v) is 3.31. The number of carbonyl (C=O) groups is 1. The molecule has 1 amide bonds. The fraction of sp³-hybridized carbons (Fsp3) is 0.400. The summed E-state index contributed by atoms with van der Waals surface area (Å²) in [6.45, 7) is 4.05. The molecule has 0 saturated carbocycles. The van der Waals surface area contributed by atoms with Crippen molar-refractivity contribution in [1.29, 1.82) is 0 Å². The summed E-state index contributed by atoms with van der Waals surface area (Å²) in [6.07, 6.45) is -3.61. The van der Waals surface area contributed by atoms with E-state index in [1.54, 1.807) is 25.1 Å². The Labute approximate surface area is 130 Å². The van der Waals surface area contributed by atoms with E-state index in [4.69, 9.17) is 0 Å². The lowest BCUT2D eigenvalue weighted by Gasteiger charge is -2.10. The molecule has 0 atom stereocenters. The molecule has 0 radical (unpaired) electrons. The quantitative estimate of drug-likeness (QED) is 0.914. The Morgan fingerprint density at radius 3 is 2.57 bits per heavy atom. The minimum atomic E-state index is -4.66. The second-order valence-electron chi connectivity index (χ2n) is 4.89. The lowest BCUT2D eigenvalue weighted by atomic mass is 10.0. The van der Waals surface area contributed by atoms with Crippen LogP contribution in [-0.2, 0) is 23.9 Å². The molecule has 2 rings (SSSR count). The third-order valence-electron chi connectivity index (χ3n) is 3.31. The van der Waals surface area contributed by atoms with Gasteiger partial charge in [-0.3, -0.25) is 4.79 Å². The van der Waals surface area contributed by atoms with Gasteiger partial charge in [0, 0.05) is 18.5 Å². The molecule has 124 valence electrons. The van der Waals surface area contributed by atoms with Gasteiger partial charge in [0.05, 0.1) is 0 Å². The standard InChI is InChI=1S/C15H16F3N3O2/c1-3-9-7-10(5-6-11(9)8-19-12(22)4-2)13-20-14(23-21-13)15(16,17)18/h5-7H,3-4,8H2,1-2H3,(H,19,22). The summed E-state index contributed by atoms with van der Waals surface area (Å²) in [4.78, 5) is 14.7. The zero-order chi connectivity index (χ0) is 17.0. The van der Waals surface area contributed by atoms with Gasteiger partial charge in [-0.05, 0) is 23.6 Å². The number of nitrogens with zero attached hydrogens (tertiary/aromatic N) is 2. The number of alkyl halides is 3. The number of carbonyl (C=O) groups excluding carboxylic acids is 1. The highest BCUT2D eigenvalue weighted by molar-refractivity contribution is 5.75. The Morgan fingerprint density at radius 1 is 1.26 bits per heavy atom. The van der Waals surface area contributed by atoms with Crippen LogP contribution in [0.1, 0.15) is 37.3 Å². The van der Waals surface area contributed by atoms with Gasteiger partial charge < -0.3 is 9.84 Å². The van der Waals surface area contributed by atoms with Crippen LogP contribution in [-0.4, -0.2) is 16.0 Å². The number of halogens is 3. The van der Waals surface area contributed by atoms with E-state index in [0.717, 1.165) is 11.1 Å². The van der Waals surface area contributed by atoms with Crippen LogP contribution < -0.4 is 5.32 Å². The maximum absolute atomic E-state index is 12.5. The molecule has 0 aliphatic carbocycles. The van der Waals surface area contributed by atoms with Crippen molar-refractivity contribution in [2.75, 3.05) is 0 Å². The van der Waals surface area contributed by atoms with E-state index >= 15 is 0 Å². The number of aryl methyl sites for hydroxylation is 1. The number of benzene rings is 1. The minimum Gasteiger partial charge on any atom is -0.352 e. The summed E-state index contributed by atoms with van der Waals surface area (Å²) >= 11 is 0. The van der Waals surface area contributed by atoms with Crippen LogP contribution >= 0.6 is 0 Å². The van der Waals surface area contributed by atoms with Gasteiger partial charge in [-0.25, -0.2) is 0 Å². The summed E-state index contributed by atoms with van der Waals surface area (Å²) in [6, 6.07) is 5.06. The summed E-state index contributed by atoms with van der Waals surface area (Å²) in [7, 11) is 0. The highest BCUT2D eigenvalue weighted by atomic mass is 19.4. The van der Waals surface area contributed by atoms with Crippen LogP contribution in [0.25, 0.3) is 11.4 Å². The molecule has 1 aromatic carbocycles. The highest BCUT2D eigenvalue weighted by Crippen LogP contribution is 2.29. The molecule has 5 nitrogen and oxygen atoms in total. The van der Waals surface area contributed by atoms with Crippen molar-refractivity contribution in [3.05, 3.63) is 35.2 Å². The maximum Gasteiger partial charge on any atom is 0.471 e. The molecule has 0 fully saturated rings. The topological polar surface area (TPSA) is 68.0 Å². The zero-order valence-electron chi connectivity index (χ0n) is 12.7. The number of nitrogens with one attached hydrogen (secondary N) is 1. The van der Waals surface area contributed by atoms with Crippen molar-refractivity contribution >= 4 is 5.91 Å². The first-order chi connectivity index (χ1) is 10.8. The van der Waals surface area contributed by atoms with Gasteiger partial charge in [0.1, 0.15) is 0 Å². The number of amides is 1. The van der Waals surface area contributed by atoms with E-state index in [-0.39, 0.29) is 11.7 Å². The first-order valence-corrected chi connectivity index (χ1v) is 7.15. The summed E-state index contributed by atoms with van der Waals surface area (Å²) in [5.41, 5.74) is 2.24. The van der Waals surface area contributed by atoms with E-state index in [1.807, 2.05) is 6.92 Å². The van der Waals surface area contributed by atoms with Crippen molar-refractivity contribution < 1.29 is 22.5 Å². The van der Waals surface area contributed by atoms with Crippen molar-refractivity contribution in [3.8, 4) is 11.4 Å². The first kappa shape index (κ1) is 17.0. The largest absolute Gasteiger partial charge is 0.471 e. The molecule has 1 N–H and O–H groups in total. The van der Waals surface area contributed by atoms with Gasteiger partial charge >= 0.3 is 12.1 Å². The van der Waals surface area contributed by atoms with E-state index in [1.165, 1.54) is 0 Å². The lowest BCUT2D eigenvalue weighted by Crippen LogP contribution is -2.22. The van der Waals surface area contributed by atoms with Gasteiger partial charge in [-0.15, -0.1) is 0 Å². The molecular formula is C15H16F3N3O2. The lowest BCUT2D eigenvalue weighted by molar-refractivity contribution is -0.159. The van der Waals surface area contributed by atoms with Gasteiger partial charge in [0.25, 0.3) is 0 Å². The van der Waals surface area contributed by atoms with Crippen LogP contribution in [0.5, 0.6) is 0 Å². The first-order valence-electron chi connectivity index (χ1n) is 7.15.